The number of rotatable bonds is 3. The van der Waals surface area contributed by atoms with Crippen molar-refractivity contribution in [3.63, 3.8) is 0 Å². The number of hydrogen-bond acceptors (Lipinski definition) is 4. The van der Waals surface area contributed by atoms with E-state index in [0.717, 1.165) is 0 Å². The summed E-state index contributed by atoms with van der Waals surface area (Å²) in [5.74, 6) is 0. The Bertz CT molecular complexity index is 205. The van der Waals surface area contributed by atoms with Gasteiger partial charge in [-0.05, 0) is 6.92 Å². The van der Waals surface area contributed by atoms with Gasteiger partial charge in [-0.3, -0.25) is 0 Å². The SMILES string of the molecule is CCOS(=O)(=O)OC(F)(F)F. The van der Waals surface area contributed by atoms with Crippen LogP contribution in [0.25, 0.3) is 0 Å². The lowest BCUT2D eigenvalue weighted by Crippen LogP contribution is -2.21. The summed E-state index contributed by atoms with van der Waals surface area (Å²) in [5, 5.41) is 0. The van der Waals surface area contributed by atoms with Crippen molar-refractivity contribution in [3.05, 3.63) is 0 Å². The molecule has 0 aliphatic heterocycles. The molecule has 0 heterocycles. The number of hydrogen-bond donors (Lipinski definition) is 0. The first kappa shape index (κ1) is 10.7. The Kier molecular flexibility index (Phi) is 3.27. The van der Waals surface area contributed by atoms with Crippen LogP contribution in [-0.2, 0) is 18.8 Å². The van der Waals surface area contributed by atoms with Crippen molar-refractivity contribution in [1.82, 2.24) is 0 Å². The van der Waals surface area contributed by atoms with E-state index in [4.69, 9.17) is 0 Å². The molecule has 0 spiro atoms. The van der Waals surface area contributed by atoms with E-state index in [9.17, 15) is 21.6 Å². The second-order valence-corrected chi connectivity index (χ2v) is 2.56. The molecule has 0 aromatic heterocycles. The van der Waals surface area contributed by atoms with Gasteiger partial charge in [-0.1, -0.05) is 0 Å². The molecule has 0 aromatic carbocycles. The fourth-order valence-corrected chi connectivity index (χ4v) is 0.852. The van der Waals surface area contributed by atoms with Gasteiger partial charge in [-0.15, -0.1) is 17.4 Å². The number of alkyl halides is 3. The maximum atomic E-state index is 11.2. The van der Waals surface area contributed by atoms with Crippen LogP contribution in [0.15, 0.2) is 0 Å². The molecule has 0 fully saturated rings. The van der Waals surface area contributed by atoms with Crippen LogP contribution in [0, 0.1) is 0 Å². The Balaban J connectivity index is 4.15. The normalized spacial score (nSPS) is 13.5. The van der Waals surface area contributed by atoms with Gasteiger partial charge in [0.25, 0.3) is 0 Å². The average Bonchev–Trinajstić information content (AvgIpc) is 1.55. The Morgan fingerprint density at radius 3 is 2.09 bits per heavy atom. The molecule has 0 atom stereocenters. The van der Waals surface area contributed by atoms with Crippen molar-refractivity contribution in [2.45, 2.75) is 13.3 Å². The van der Waals surface area contributed by atoms with Gasteiger partial charge < -0.3 is 0 Å². The molecule has 0 saturated heterocycles. The predicted molar refractivity (Wildman–Crippen MR) is 27.7 cm³/mol. The smallest absolute Gasteiger partial charge is 0.248 e. The van der Waals surface area contributed by atoms with E-state index in [1.165, 1.54) is 6.92 Å². The van der Waals surface area contributed by atoms with Gasteiger partial charge in [0, 0.05) is 0 Å². The Morgan fingerprint density at radius 2 is 1.82 bits per heavy atom. The molecule has 0 rings (SSSR count). The maximum Gasteiger partial charge on any atom is 0.538 e. The van der Waals surface area contributed by atoms with Crippen molar-refractivity contribution in [1.29, 1.82) is 0 Å². The third-order valence-electron chi connectivity index (χ3n) is 0.459. The largest absolute Gasteiger partial charge is 0.538 e. The van der Waals surface area contributed by atoms with Crippen LogP contribution >= 0.6 is 0 Å². The van der Waals surface area contributed by atoms with Crippen molar-refractivity contribution in [2.75, 3.05) is 6.61 Å². The van der Waals surface area contributed by atoms with Gasteiger partial charge >= 0.3 is 16.8 Å². The van der Waals surface area contributed by atoms with Gasteiger partial charge in [-0.2, -0.15) is 8.42 Å². The summed E-state index contributed by atoms with van der Waals surface area (Å²) in [6.07, 6.45) is -5.23. The third kappa shape index (κ3) is 6.07. The molecule has 0 radical (unpaired) electrons. The summed E-state index contributed by atoms with van der Waals surface area (Å²) in [7, 11) is -4.91. The van der Waals surface area contributed by atoms with Gasteiger partial charge in [0.05, 0.1) is 6.61 Å². The molecule has 4 nitrogen and oxygen atoms in total. The summed E-state index contributed by atoms with van der Waals surface area (Å²) in [6.45, 7) is 0.815. The van der Waals surface area contributed by atoms with E-state index < -0.39 is 23.4 Å². The minimum atomic E-state index is -5.23. The minimum absolute atomic E-state index is 0.404. The molecule has 0 N–H and O–H groups in total. The monoisotopic (exact) mass is 194 g/mol. The van der Waals surface area contributed by atoms with Crippen LogP contribution in [0.3, 0.4) is 0 Å². The standard InChI is InChI=1S/C3H5F3O4S/c1-2-9-11(7,8)10-3(4,5)6/h2H2,1H3. The topological polar surface area (TPSA) is 52.6 Å². The van der Waals surface area contributed by atoms with Gasteiger partial charge in [0.1, 0.15) is 0 Å². The first-order valence-corrected chi connectivity index (χ1v) is 3.77. The molecule has 0 amide bonds. The summed E-state index contributed by atoms with van der Waals surface area (Å²) in [5.41, 5.74) is 0. The first-order chi connectivity index (χ1) is 4.77. The van der Waals surface area contributed by atoms with Crippen LogP contribution in [0.2, 0.25) is 0 Å². The van der Waals surface area contributed by atoms with E-state index in [2.05, 4.69) is 8.37 Å². The van der Waals surface area contributed by atoms with Gasteiger partial charge in [-0.25, -0.2) is 4.18 Å². The van der Waals surface area contributed by atoms with Crippen LogP contribution < -0.4 is 0 Å². The highest BCUT2D eigenvalue weighted by atomic mass is 32.3. The second kappa shape index (κ2) is 3.37. The molecule has 8 heteroatoms. The fraction of sp³-hybridized carbons (Fsp3) is 1.00. The van der Waals surface area contributed by atoms with Crippen LogP contribution in [-0.4, -0.2) is 21.4 Å². The third-order valence-corrected chi connectivity index (χ3v) is 1.38. The van der Waals surface area contributed by atoms with Crippen LogP contribution in [0.5, 0.6) is 0 Å². The zero-order chi connectivity index (χ0) is 9.12. The molecule has 0 unspecified atom stereocenters. The first-order valence-electron chi connectivity index (χ1n) is 2.43. The van der Waals surface area contributed by atoms with E-state index in [-0.39, 0.29) is 0 Å². The summed E-state index contributed by atoms with van der Waals surface area (Å²) in [4.78, 5) is 0. The molecule has 11 heavy (non-hydrogen) atoms. The molecular weight excluding hydrogens is 189 g/mol. The van der Waals surface area contributed by atoms with Gasteiger partial charge in [0.15, 0.2) is 0 Å². The highest BCUT2D eigenvalue weighted by Crippen LogP contribution is 2.19. The van der Waals surface area contributed by atoms with Crippen molar-refractivity contribution in [3.8, 4) is 0 Å². The van der Waals surface area contributed by atoms with E-state index in [1.54, 1.807) is 0 Å². The molecule has 0 bridgehead atoms. The lowest BCUT2D eigenvalue weighted by Gasteiger charge is -2.05. The second-order valence-electron chi connectivity index (χ2n) is 1.34. The van der Waals surface area contributed by atoms with E-state index >= 15 is 0 Å². The Morgan fingerprint density at radius 1 is 1.36 bits per heavy atom. The quantitative estimate of drug-likeness (QED) is 0.666. The molecule has 0 aromatic rings. The average molecular weight is 194 g/mol. The Hall–Kier alpha value is -0.340. The Labute approximate surface area is 61.2 Å². The van der Waals surface area contributed by atoms with E-state index in [1.807, 2.05) is 0 Å². The lowest BCUT2D eigenvalue weighted by atomic mass is 10.9. The number of halogens is 3. The zero-order valence-electron chi connectivity index (χ0n) is 5.38. The summed E-state index contributed by atoms with van der Waals surface area (Å²) < 4.78 is 60.0. The molecule has 0 aliphatic carbocycles. The maximum absolute atomic E-state index is 11.2. The zero-order valence-corrected chi connectivity index (χ0v) is 6.20. The van der Waals surface area contributed by atoms with E-state index in [0.29, 0.717) is 0 Å². The highest BCUT2D eigenvalue weighted by molar-refractivity contribution is 7.81. The molecule has 0 aliphatic rings. The fourth-order valence-electron chi connectivity index (χ4n) is 0.284. The lowest BCUT2D eigenvalue weighted by molar-refractivity contribution is -0.275. The predicted octanol–water partition coefficient (Wildman–Crippen LogP) is 0.804. The van der Waals surface area contributed by atoms with Crippen LogP contribution in [0.1, 0.15) is 6.92 Å². The van der Waals surface area contributed by atoms with Gasteiger partial charge in [0.2, 0.25) is 0 Å². The van der Waals surface area contributed by atoms with Crippen LogP contribution in [0.4, 0.5) is 13.2 Å². The van der Waals surface area contributed by atoms with Crippen molar-refractivity contribution >= 4 is 10.4 Å². The molecule has 0 saturated carbocycles. The summed E-state index contributed by atoms with van der Waals surface area (Å²) >= 11 is 0. The minimum Gasteiger partial charge on any atom is -0.248 e. The summed E-state index contributed by atoms with van der Waals surface area (Å²) in [6, 6.07) is 0. The highest BCUT2D eigenvalue weighted by Gasteiger charge is 2.37. The molecular formula is C3H5F3O4S. The molecule has 68 valence electrons. The van der Waals surface area contributed by atoms with Crippen molar-refractivity contribution < 1.29 is 30.0 Å². The van der Waals surface area contributed by atoms with Crippen molar-refractivity contribution in [2.24, 2.45) is 0 Å².